The fraction of sp³-hybridized carbons (Fsp3) is 0.571. The minimum absolute atomic E-state index is 0.103. The number of aromatic nitrogens is 3. The molecule has 5 nitrogen and oxygen atoms in total. The SMILES string of the molecule is CCCSC[C@@H]1CC[C@H](c2c[nH]c3c(=O)[nH]cnc23)N1. The lowest BCUT2D eigenvalue weighted by atomic mass is 10.1. The molecular formula is C14H20N4OS. The summed E-state index contributed by atoms with van der Waals surface area (Å²) in [6.45, 7) is 2.22. The largest absolute Gasteiger partial charge is 0.355 e. The van der Waals surface area contributed by atoms with E-state index in [1.165, 1.54) is 30.7 Å². The molecule has 108 valence electrons. The first-order valence-corrected chi connectivity index (χ1v) is 8.33. The summed E-state index contributed by atoms with van der Waals surface area (Å²) in [7, 11) is 0. The van der Waals surface area contributed by atoms with E-state index in [9.17, 15) is 4.79 Å². The second-order valence-electron chi connectivity index (χ2n) is 5.27. The van der Waals surface area contributed by atoms with Gasteiger partial charge in [-0.25, -0.2) is 4.98 Å². The van der Waals surface area contributed by atoms with Crippen molar-refractivity contribution in [3.8, 4) is 0 Å². The minimum Gasteiger partial charge on any atom is -0.355 e. The fourth-order valence-corrected chi connectivity index (χ4v) is 3.80. The van der Waals surface area contributed by atoms with Gasteiger partial charge in [0.1, 0.15) is 11.0 Å². The highest BCUT2D eigenvalue weighted by Crippen LogP contribution is 2.30. The maximum atomic E-state index is 11.7. The second kappa shape index (κ2) is 6.01. The van der Waals surface area contributed by atoms with Crippen molar-refractivity contribution in [3.05, 3.63) is 28.4 Å². The Balaban J connectivity index is 1.73. The third kappa shape index (κ3) is 2.62. The molecule has 3 heterocycles. The van der Waals surface area contributed by atoms with E-state index in [0.29, 0.717) is 17.6 Å². The molecule has 3 N–H and O–H groups in total. The topological polar surface area (TPSA) is 73.6 Å². The maximum Gasteiger partial charge on any atom is 0.275 e. The van der Waals surface area contributed by atoms with E-state index in [1.54, 1.807) is 0 Å². The number of nitrogens with zero attached hydrogens (tertiary/aromatic N) is 1. The first-order chi connectivity index (χ1) is 9.79. The highest BCUT2D eigenvalue weighted by Gasteiger charge is 2.27. The molecule has 2 aromatic heterocycles. The minimum atomic E-state index is -0.103. The lowest BCUT2D eigenvalue weighted by Gasteiger charge is -2.13. The summed E-state index contributed by atoms with van der Waals surface area (Å²) >= 11 is 2.01. The molecule has 1 saturated heterocycles. The van der Waals surface area contributed by atoms with Crippen molar-refractivity contribution in [3.63, 3.8) is 0 Å². The van der Waals surface area contributed by atoms with Gasteiger partial charge >= 0.3 is 0 Å². The van der Waals surface area contributed by atoms with Gasteiger partial charge in [0.15, 0.2) is 0 Å². The number of rotatable bonds is 5. The van der Waals surface area contributed by atoms with Gasteiger partial charge < -0.3 is 15.3 Å². The molecule has 0 aliphatic carbocycles. The van der Waals surface area contributed by atoms with Crippen molar-refractivity contribution in [1.82, 2.24) is 20.3 Å². The molecule has 0 bridgehead atoms. The lowest BCUT2D eigenvalue weighted by Crippen LogP contribution is -2.26. The molecule has 6 heteroatoms. The summed E-state index contributed by atoms with van der Waals surface area (Å²) < 4.78 is 0. The second-order valence-corrected chi connectivity index (χ2v) is 6.42. The molecule has 1 fully saturated rings. The van der Waals surface area contributed by atoms with Gasteiger partial charge in [-0.15, -0.1) is 0 Å². The van der Waals surface area contributed by atoms with Crippen LogP contribution in [0.1, 0.15) is 37.8 Å². The molecule has 1 aliphatic heterocycles. The molecule has 3 rings (SSSR count). The summed E-state index contributed by atoms with van der Waals surface area (Å²) in [5, 5.41) is 3.67. The summed E-state index contributed by atoms with van der Waals surface area (Å²) in [5.74, 6) is 2.40. The van der Waals surface area contributed by atoms with E-state index in [2.05, 4.69) is 27.2 Å². The van der Waals surface area contributed by atoms with Crippen molar-refractivity contribution < 1.29 is 0 Å². The average molecular weight is 292 g/mol. The molecule has 2 atom stereocenters. The Bertz CT molecular complexity index is 635. The molecule has 20 heavy (non-hydrogen) atoms. The van der Waals surface area contributed by atoms with Gasteiger partial charge in [0.25, 0.3) is 5.56 Å². The molecule has 0 saturated carbocycles. The molecule has 0 unspecified atom stereocenters. The molecule has 1 aliphatic rings. The van der Waals surface area contributed by atoms with Crippen LogP contribution in [-0.4, -0.2) is 32.5 Å². The molecule has 0 spiro atoms. The van der Waals surface area contributed by atoms with Crippen LogP contribution in [0.25, 0.3) is 11.0 Å². The Morgan fingerprint density at radius 3 is 3.15 bits per heavy atom. The molecule has 0 amide bonds. The molecule has 0 aromatic carbocycles. The predicted octanol–water partition coefficient (Wildman–Crippen LogP) is 2.19. The Labute approximate surface area is 122 Å². The third-order valence-electron chi connectivity index (χ3n) is 3.78. The smallest absolute Gasteiger partial charge is 0.275 e. The number of nitrogens with one attached hydrogen (secondary N) is 3. The van der Waals surface area contributed by atoms with Crippen LogP contribution in [0.15, 0.2) is 17.3 Å². The van der Waals surface area contributed by atoms with Crippen LogP contribution >= 0.6 is 11.8 Å². The zero-order chi connectivity index (χ0) is 13.9. The Morgan fingerprint density at radius 2 is 2.30 bits per heavy atom. The number of aromatic amines is 2. The Morgan fingerprint density at radius 1 is 1.40 bits per heavy atom. The first-order valence-electron chi connectivity index (χ1n) is 7.18. The van der Waals surface area contributed by atoms with Gasteiger partial charge in [-0.3, -0.25) is 4.79 Å². The number of fused-ring (bicyclic) bond motifs is 1. The Kier molecular flexibility index (Phi) is 4.12. The van der Waals surface area contributed by atoms with Crippen LogP contribution in [-0.2, 0) is 0 Å². The van der Waals surface area contributed by atoms with Crippen LogP contribution in [0, 0.1) is 0 Å². The number of H-pyrrole nitrogens is 2. The summed E-state index contributed by atoms with van der Waals surface area (Å²) in [5.41, 5.74) is 2.39. The first kappa shape index (κ1) is 13.7. The van der Waals surface area contributed by atoms with E-state index in [-0.39, 0.29) is 5.56 Å². The molecule has 0 radical (unpaired) electrons. The van der Waals surface area contributed by atoms with Crippen LogP contribution in [0.2, 0.25) is 0 Å². The van der Waals surface area contributed by atoms with E-state index < -0.39 is 0 Å². The summed E-state index contributed by atoms with van der Waals surface area (Å²) in [6, 6.07) is 0.883. The fourth-order valence-electron chi connectivity index (χ4n) is 2.80. The van der Waals surface area contributed by atoms with Gasteiger partial charge in [0.05, 0.1) is 6.33 Å². The van der Waals surface area contributed by atoms with E-state index >= 15 is 0 Å². The van der Waals surface area contributed by atoms with Crippen molar-refractivity contribution >= 4 is 22.8 Å². The molecular weight excluding hydrogens is 272 g/mol. The van der Waals surface area contributed by atoms with E-state index in [1.807, 2.05) is 18.0 Å². The standard InChI is InChI=1S/C14H20N4OS/c1-2-5-20-7-9-3-4-11(18-9)10-6-15-13-12(10)16-8-17-14(13)19/h6,8-9,11,15,18H,2-5,7H2,1H3,(H,16,17,19)/t9-,11+/m0/s1. The van der Waals surface area contributed by atoms with Gasteiger partial charge in [0.2, 0.25) is 0 Å². The van der Waals surface area contributed by atoms with E-state index in [4.69, 9.17) is 0 Å². The highest BCUT2D eigenvalue weighted by atomic mass is 32.2. The van der Waals surface area contributed by atoms with Crippen LogP contribution in [0.4, 0.5) is 0 Å². The van der Waals surface area contributed by atoms with Gasteiger partial charge in [-0.05, 0) is 25.0 Å². The van der Waals surface area contributed by atoms with Crippen molar-refractivity contribution in [2.75, 3.05) is 11.5 Å². The van der Waals surface area contributed by atoms with Crippen molar-refractivity contribution in [2.45, 2.75) is 38.3 Å². The van der Waals surface area contributed by atoms with Gasteiger partial charge in [-0.2, -0.15) is 11.8 Å². The number of thioether (sulfide) groups is 1. The zero-order valence-corrected chi connectivity index (χ0v) is 12.4. The van der Waals surface area contributed by atoms with E-state index in [0.717, 1.165) is 17.5 Å². The quantitative estimate of drug-likeness (QED) is 0.739. The van der Waals surface area contributed by atoms with Crippen LogP contribution in [0.3, 0.4) is 0 Å². The monoisotopic (exact) mass is 292 g/mol. The van der Waals surface area contributed by atoms with Crippen molar-refractivity contribution in [1.29, 1.82) is 0 Å². The highest BCUT2D eigenvalue weighted by molar-refractivity contribution is 7.99. The summed E-state index contributed by atoms with van der Waals surface area (Å²) in [4.78, 5) is 21.7. The normalized spacial score (nSPS) is 22.6. The van der Waals surface area contributed by atoms with Gasteiger partial charge in [0, 0.05) is 29.6 Å². The number of hydrogen-bond donors (Lipinski definition) is 3. The molecule has 2 aromatic rings. The lowest BCUT2D eigenvalue weighted by molar-refractivity contribution is 0.592. The Hall–Kier alpha value is -1.27. The zero-order valence-electron chi connectivity index (χ0n) is 11.6. The average Bonchev–Trinajstić information content (AvgIpc) is 3.06. The van der Waals surface area contributed by atoms with Crippen molar-refractivity contribution in [2.24, 2.45) is 0 Å². The van der Waals surface area contributed by atoms with Crippen LogP contribution < -0.4 is 10.9 Å². The van der Waals surface area contributed by atoms with Crippen LogP contribution in [0.5, 0.6) is 0 Å². The summed E-state index contributed by atoms with van der Waals surface area (Å²) in [6.07, 6.45) is 6.93. The van der Waals surface area contributed by atoms with Gasteiger partial charge in [-0.1, -0.05) is 6.92 Å². The predicted molar refractivity (Wildman–Crippen MR) is 83.2 cm³/mol. The number of hydrogen-bond acceptors (Lipinski definition) is 4. The third-order valence-corrected chi connectivity index (χ3v) is 5.12. The maximum absolute atomic E-state index is 11.7.